The molecular weight excluding hydrogens is 706 g/mol. The van der Waals surface area contributed by atoms with Crippen LogP contribution < -0.4 is 26.6 Å². The number of nitrogens with zero attached hydrogens (tertiary/aromatic N) is 7. The Bertz CT molecular complexity index is 2180. The van der Waals surface area contributed by atoms with E-state index in [1.54, 1.807) is 54.6 Å². The number of likely N-dealkylation sites (N-methyl/N-ethyl adjacent to an activating group) is 1. The van der Waals surface area contributed by atoms with Crippen LogP contribution in [0.15, 0.2) is 89.9 Å². The van der Waals surface area contributed by atoms with Crippen molar-refractivity contribution in [2.45, 2.75) is 0 Å². The normalized spacial score (nSPS) is 13.4. The highest BCUT2D eigenvalue weighted by Gasteiger charge is 2.21. The molecule has 0 amide bonds. The van der Waals surface area contributed by atoms with Crippen molar-refractivity contribution < 1.29 is 0 Å². The topological polar surface area (TPSA) is 116 Å². The molecule has 6 aromatic rings. The number of hydrogen-bond donors (Lipinski definition) is 3. The molecule has 3 aromatic carbocycles. The molecule has 1 fully saturated rings. The third kappa shape index (κ3) is 6.94. The van der Waals surface area contributed by atoms with Crippen LogP contribution in [0, 0.1) is 0 Å². The van der Waals surface area contributed by atoms with Crippen molar-refractivity contribution >= 4 is 86.1 Å². The van der Waals surface area contributed by atoms with Crippen molar-refractivity contribution in [2.24, 2.45) is 0 Å². The molecule has 7 rings (SSSR count). The predicted octanol–water partition coefficient (Wildman–Crippen LogP) is 7.79. The Morgan fingerprint density at radius 1 is 0.735 bits per heavy atom. The Hall–Kier alpha value is -4.65. The van der Waals surface area contributed by atoms with Crippen LogP contribution in [-0.4, -0.2) is 62.9 Å². The van der Waals surface area contributed by atoms with Gasteiger partial charge in [0.05, 0.1) is 36.9 Å². The molecule has 11 nitrogen and oxygen atoms in total. The lowest BCUT2D eigenvalue weighted by Gasteiger charge is -2.34. The highest BCUT2D eigenvalue weighted by atomic mass is 35.5. The number of hydrazine groups is 1. The second kappa shape index (κ2) is 14.1. The molecule has 49 heavy (non-hydrogen) atoms. The fourth-order valence-electron chi connectivity index (χ4n) is 5.43. The first-order valence-electron chi connectivity index (χ1n) is 15.2. The number of fused-ring (bicyclic) bond motifs is 1. The van der Waals surface area contributed by atoms with E-state index in [9.17, 15) is 4.79 Å². The van der Waals surface area contributed by atoms with E-state index in [0.717, 1.165) is 42.2 Å². The maximum Gasteiger partial charge on any atom is 0.282 e. The van der Waals surface area contributed by atoms with Gasteiger partial charge in [-0.3, -0.25) is 15.6 Å². The molecule has 1 aliphatic heterocycles. The Morgan fingerprint density at radius 3 is 2.08 bits per heavy atom. The second-order valence-electron chi connectivity index (χ2n) is 11.3. The van der Waals surface area contributed by atoms with Gasteiger partial charge in [0, 0.05) is 43.8 Å². The first-order chi connectivity index (χ1) is 23.7. The van der Waals surface area contributed by atoms with E-state index in [0.29, 0.717) is 32.9 Å². The molecule has 0 aliphatic carbocycles. The van der Waals surface area contributed by atoms with Crippen LogP contribution in [0.4, 0.5) is 28.8 Å². The van der Waals surface area contributed by atoms with Gasteiger partial charge in [0.15, 0.2) is 0 Å². The molecule has 0 unspecified atom stereocenters. The summed E-state index contributed by atoms with van der Waals surface area (Å²) in [5.41, 5.74) is 9.17. The van der Waals surface area contributed by atoms with Crippen LogP contribution in [0.25, 0.3) is 28.0 Å². The van der Waals surface area contributed by atoms with E-state index < -0.39 is 5.56 Å². The van der Waals surface area contributed by atoms with Gasteiger partial charge in [0.2, 0.25) is 5.95 Å². The largest absolute Gasteiger partial charge is 0.369 e. The first kappa shape index (κ1) is 32.9. The van der Waals surface area contributed by atoms with Gasteiger partial charge < -0.3 is 15.1 Å². The first-order valence-corrected chi connectivity index (χ1v) is 16.7. The molecule has 248 valence electrons. The van der Waals surface area contributed by atoms with Gasteiger partial charge in [0.25, 0.3) is 5.56 Å². The van der Waals surface area contributed by atoms with Gasteiger partial charge >= 0.3 is 0 Å². The molecule has 0 radical (unpaired) electrons. The molecule has 0 bridgehead atoms. The summed E-state index contributed by atoms with van der Waals surface area (Å²) >= 11 is 25.7. The van der Waals surface area contributed by atoms with Crippen LogP contribution in [0.1, 0.15) is 0 Å². The Balaban J connectivity index is 1.27. The lowest BCUT2D eigenvalue weighted by atomic mass is 10.2. The molecule has 0 atom stereocenters. The highest BCUT2D eigenvalue weighted by Crippen LogP contribution is 2.32. The average molecular weight is 734 g/mol. The summed E-state index contributed by atoms with van der Waals surface area (Å²) in [4.78, 5) is 32.6. The third-order valence-electron chi connectivity index (χ3n) is 8.05. The van der Waals surface area contributed by atoms with Crippen molar-refractivity contribution in [1.29, 1.82) is 0 Å². The zero-order chi connectivity index (χ0) is 34.1. The lowest BCUT2D eigenvalue weighted by molar-refractivity contribution is 0.313. The van der Waals surface area contributed by atoms with Crippen LogP contribution in [0.2, 0.25) is 20.1 Å². The standard InChI is InChI=1S/C34H28Cl4N10O/c1-46-15-17-47(18-16-46)21-13-11-20(12-14-21)40-34-39-19-22-29(42-34)31(45-48(33(22)49)32-25(37)7-3-8-26(32)38)27-9-4-10-28(41-27)43-44-30-23(35)5-2-6-24(30)36/h2-14,19,44H,15-18H2,1H3,(H,41,43)(H,39,40,42). The van der Waals surface area contributed by atoms with Crippen molar-refractivity contribution in [1.82, 2.24) is 29.6 Å². The summed E-state index contributed by atoms with van der Waals surface area (Å²) in [7, 11) is 2.13. The number of anilines is 5. The number of nitrogens with one attached hydrogen (secondary N) is 3. The van der Waals surface area contributed by atoms with E-state index >= 15 is 0 Å². The Labute approximate surface area is 301 Å². The van der Waals surface area contributed by atoms with E-state index in [-0.39, 0.29) is 32.6 Å². The quantitative estimate of drug-likeness (QED) is 0.134. The number of benzene rings is 3. The monoisotopic (exact) mass is 732 g/mol. The fraction of sp³-hybridized carbons (Fsp3) is 0.147. The Morgan fingerprint density at radius 2 is 1.39 bits per heavy atom. The van der Waals surface area contributed by atoms with Gasteiger partial charge in [0.1, 0.15) is 22.7 Å². The summed E-state index contributed by atoms with van der Waals surface area (Å²) in [5.74, 6) is 0.699. The molecule has 3 aromatic heterocycles. The minimum atomic E-state index is -0.499. The summed E-state index contributed by atoms with van der Waals surface area (Å²) in [6, 6.07) is 23.5. The maximum atomic E-state index is 13.9. The molecule has 1 aliphatic rings. The molecule has 1 saturated heterocycles. The van der Waals surface area contributed by atoms with E-state index in [4.69, 9.17) is 61.5 Å². The Kier molecular flexibility index (Phi) is 9.44. The van der Waals surface area contributed by atoms with Crippen molar-refractivity contribution in [3.8, 4) is 17.1 Å². The van der Waals surface area contributed by atoms with Crippen LogP contribution in [0.3, 0.4) is 0 Å². The minimum Gasteiger partial charge on any atom is -0.369 e. The number of halogens is 4. The average Bonchev–Trinajstić information content (AvgIpc) is 3.10. The summed E-state index contributed by atoms with van der Waals surface area (Å²) < 4.78 is 1.15. The maximum absolute atomic E-state index is 13.9. The van der Waals surface area contributed by atoms with Gasteiger partial charge in [-0.15, -0.1) is 0 Å². The molecular formula is C34H28Cl4N10O. The molecule has 0 saturated carbocycles. The molecule has 0 spiro atoms. The SMILES string of the molecule is CN1CCN(c2ccc(Nc3ncc4c(=O)n(-c5c(Cl)cccc5Cl)nc(-c5cccc(NNc6c(Cl)cccc6Cl)n5)c4n3)cc2)CC1. The van der Waals surface area contributed by atoms with E-state index in [1.807, 2.05) is 12.1 Å². The number of para-hydroxylation sites is 2. The zero-order valence-corrected chi connectivity index (χ0v) is 29.0. The zero-order valence-electron chi connectivity index (χ0n) is 26.0. The summed E-state index contributed by atoms with van der Waals surface area (Å²) in [5, 5.41) is 9.53. The van der Waals surface area contributed by atoms with Gasteiger partial charge in [-0.2, -0.15) is 9.78 Å². The number of piperazine rings is 1. The van der Waals surface area contributed by atoms with Crippen LogP contribution in [0.5, 0.6) is 0 Å². The van der Waals surface area contributed by atoms with Crippen molar-refractivity contribution in [3.63, 3.8) is 0 Å². The molecule has 15 heteroatoms. The highest BCUT2D eigenvalue weighted by molar-refractivity contribution is 6.39. The number of aromatic nitrogens is 5. The lowest BCUT2D eigenvalue weighted by Crippen LogP contribution is -2.44. The van der Waals surface area contributed by atoms with Crippen LogP contribution in [-0.2, 0) is 0 Å². The number of pyridine rings is 1. The number of rotatable bonds is 8. The van der Waals surface area contributed by atoms with Gasteiger partial charge in [-0.1, -0.05) is 64.6 Å². The van der Waals surface area contributed by atoms with Crippen LogP contribution >= 0.6 is 46.4 Å². The van der Waals surface area contributed by atoms with Crippen molar-refractivity contribution in [2.75, 3.05) is 54.3 Å². The fourth-order valence-corrected chi connectivity index (χ4v) is 6.48. The summed E-state index contributed by atoms with van der Waals surface area (Å²) in [6.07, 6.45) is 1.46. The number of hydrogen-bond acceptors (Lipinski definition) is 10. The smallest absolute Gasteiger partial charge is 0.282 e. The minimum absolute atomic E-state index is 0.193. The predicted molar refractivity (Wildman–Crippen MR) is 199 cm³/mol. The second-order valence-corrected chi connectivity index (χ2v) is 12.9. The molecule has 4 heterocycles. The van der Waals surface area contributed by atoms with E-state index in [1.165, 1.54) is 6.20 Å². The van der Waals surface area contributed by atoms with Gasteiger partial charge in [-0.25, -0.2) is 15.0 Å². The molecule has 3 N–H and O–H groups in total. The van der Waals surface area contributed by atoms with E-state index in [2.05, 4.69) is 50.1 Å². The summed E-state index contributed by atoms with van der Waals surface area (Å²) in [6.45, 7) is 3.98. The van der Waals surface area contributed by atoms with Crippen molar-refractivity contribution in [3.05, 3.63) is 116 Å². The third-order valence-corrected chi connectivity index (χ3v) is 9.29. The van der Waals surface area contributed by atoms with Gasteiger partial charge in [-0.05, 0) is 67.7 Å².